The van der Waals surface area contributed by atoms with Crippen LogP contribution in [-0.2, 0) is 6.54 Å². The molecular weight excluding hydrogens is 314 g/mol. The van der Waals surface area contributed by atoms with Crippen LogP contribution >= 0.6 is 12.2 Å². The summed E-state index contributed by atoms with van der Waals surface area (Å²) < 4.78 is 0. The molecule has 0 spiro atoms. The zero-order chi connectivity index (χ0) is 16.8. The summed E-state index contributed by atoms with van der Waals surface area (Å²) in [5.41, 5.74) is 2.65. The van der Waals surface area contributed by atoms with E-state index < -0.39 is 0 Å². The van der Waals surface area contributed by atoms with Crippen LogP contribution < -0.4 is 5.32 Å². The molecular formula is C20H25N3S. The second-order valence-electron chi connectivity index (χ2n) is 6.33. The SMILES string of the molecule is CC(NC(=S)N1CCN(Cc2ccccc2)CC1)c1ccccc1. The number of thiocarbonyl (C=S) groups is 1. The lowest BCUT2D eigenvalue weighted by Gasteiger charge is -2.37. The molecule has 0 aromatic heterocycles. The first kappa shape index (κ1) is 16.9. The molecule has 1 heterocycles. The fourth-order valence-electron chi connectivity index (χ4n) is 3.05. The van der Waals surface area contributed by atoms with Crippen molar-refractivity contribution in [1.82, 2.24) is 15.1 Å². The van der Waals surface area contributed by atoms with Crippen LogP contribution in [0.2, 0.25) is 0 Å². The van der Waals surface area contributed by atoms with Crippen LogP contribution in [0.4, 0.5) is 0 Å². The topological polar surface area (TPSA) is 18.5 Å². The van der Waals surface area contributed by atoms with Crippen LogP contribution in [0.3, 0.4) is 0 Å². The Morgan fingerprint density at radius 3 is 2.17 bits per heavy atom. The van der Waals surface area contributed by atoms with E-state index >= 15 is 0 Å². The zero-order valence-electron chi connectivity index (χ0n) is 14.2. The number of benzene rings is 2. The molecule has 3 nitrogen and oxygen atoms in total. The lowest BCUT2D eigenvalue weighted by atomic mass is 10.1. The summed E-state index contributed by atoms with van der Waals surface area (Å²) in [7, 11) is 0. The second kappa shape index (κ2) is 8.27. The van der Waals surface area contributed by atoms with E-state index in [9.17, 15) is 0 Å². The Morgan fingerprint density at radius 2 is 1.54 bits per heavy atom. The minimum absolute atomic E-state index is 0.237. The van der Waals surface area contributed by atoms with Gasteiger partial charge in [-0.1, -0.05) is 60.7 Å². The molecule has 0 saturated carbocycles. The summed E-state index contributed by atoms with van der Waals surface area (Å²) in [4.78, 5) is 4.78. The van der Waals surface area contributed by atoms with Gasteiger partial charge in [-0.05, 0) is 30.3 Å². The molecule has 1 aliphatic rings. The Balaban J connectivity index is 1.47. The molecule has 2 aromatic carbocycles. The van der Waals surface area contributed by atoms with Crippen LogP contribution in [-0.4, -0.2) is 41.1 Å². The predicted octanol–water partition coefficient (Wildman–Crippen LogP) is 3.44. The van der Waals surface area contributed by atoms with Crippen LogP contribution in [0.5, 0.6) is 0 Å². The monoisotopic (exact) mass is 339 g/mol. The fraction of sp³-hybridized carbons (Fsp3) is 0.350. The van der Waals surface area contributed by atoms with E-state index in [1.165, 1.54) is 11.1 Å². The fourth-order valence-corrected chi connectivity index (χ4v) is 3.41. The molecule has 1 fully saturated rings. The Bertz CT molecular complexity index is 636. The zero-order valence-corrected chi connectivity index (χ0v) is 15.0. The van der Waals surface area contributed by atoms with Gasteiger partial charge in [0.15, 0.2) is 5.11 Å². The van der Waals surface area contributed by atoms with Gasteiger partial charge >= 0.3 is 0 Å². The Kier molecular flexibility index (Phi) is 5.83. The van der Waals surface area contributed by atoms with E-state index in [1.54, 1.807) is 0 Å². The van der Waals surface area contributed by atoms with Crippen molar-refractivity contribution < 1.29 is 0 Å². The number of nitrogens with zero attached hydrogens (tertiary/aromatic N) is 2. The third-order valence-electron chi connectivity index (χ3n) is 4.55. The van der Waals surface area contributed by atoms with Gasteiger partial charge in [0.1, 0.15) is 0 Å². The molecule has 1 unspecified atom stereocenters. The van der Waals surface area contributed by atoms with Gasteiger partial charge in [0, 0.05) is 32.7 Å². The highest BCUT2D eigenvalue weighted by atomic mass is 32.1. The van der Waals surface area contributed by atoms with Crippen molar-refractivity contribution in [2.24, 2.45) is 0 Å². The van der Waals surface area contributed by atoms with E-state index in [0.29, 0.717) is 0 Å². The third-order valence-corrected chi connectivity index (χ3v) is 4.92. The molecule has 0 bridgehead atoms. The lowest BCUT2D eigenvalue weighted by Crippen LogP contribution is -2.51. The average Bonchev–Trinajstić information content (AvgIpc) is 2.64. The highest BCUT2D eigenvalue weighted by molar-refractivity contribution is 7.80. The first-order valence-corrected chi connectivity index (χ1v) is 9.00. The number of rotatable bonds is 4. The minimum atomic E-state index is 0.237. The van der Waals surface area contributed by atoms with Gasteiger partial charge in [-0.25, -0.2) is 0 Å². The molecule has 1 atom stereocenters. The summed E-state index contributed by atoms with van der Waals surface area (Å²) in [6.45, 7) is 7.26. The normalized spacial score (nSPS) is 16.6. The van der Waals surface area contributed by atoms with Crippen molar-refractivity contribution >= 4 is 17.3 Å². The van der Waals surface area contributed by atoms with Crippen molar-refractivity contribution in [2.45, 2.75) is 19.5 Å². The molecule has 24 heavy (non-hydrogen) atoms. The van der Waals surface area contributed by atoms with Gasteiger partial charge in [-0.3, -0.25) is 4.90 Å². The maximum absolute atomic E-state index is 5.61. The third kappa shape index (κ3) is 4.56. The second-order valence-corrected chi connectivity index (χ2v) is 6.72. The van der Waals surface area contributed by atoms with Crippen LogP contribution in [0.1, 0.15) is 24.1 Å². The molecule has 1 aliphatic heterocycles. The number of hydrogen-bond donors (Lipinski definition) is 1. The van der Waals surface area contributed by atoms with Gasteiger partial charge in [-0.2, -0.15) is 0 Å². The first-order valence-electron chi connectivity index (χ1n) is 8.59. The maximum atomic E-state index is 5.61. The number of piperazine rings is 1. The van der Waals surface area contributed by atoms with Crippen molar-refractivity contribution in [2.75, 3.05) is 26.2 Å². The highest BCUT2D eigenvalue weighted by Gasteiger charge is 2.20. The summed E-state index contributed by atoms with van der Waals surface area (Å²) in [6.07, 6.45) is 0. The number of hydrogen-bond acceptors (Lipinski definition) is 2. The Hall–Kier alpha value is -1.91. The molecule has 3 rings (SSSR count). The standard InChI is InChI=1S/C20H25N3S/c1-17(19-10-6-3-7-11-19)21-20(24)23-14-12-22(13-15-23)16-18-8-4-2-5-9-18/h2-11,17H,12-16H2,1H3,(H,21,24). The molecule has 4 heteroatoms. The van der Waals surface area contributed by atoms with Gasteiger partial charge in [0.05, 0.1) is 6.04 Å². The Labute approximate surface area is 150 Å². The van der Waals surface area contributed by atoms with Crippen molar-refractivity contribution in [3.8, 4) is 0 Å². The molecule has 0 aliphatic carbocycles. The smallest absolute Gasteiger partial charge is 0.169 e. The average molecular weight is 340 g/mol. The molecule has 0 amide bonds. The van der Waals surface area contributed by atoms with Crippen LogP contribution in [0.25, 0.3) is 0 Å². The molecule has 2 aromatic rings. The highest BCUT2D eigenvalue weighted by Crippen LogP contribution is 2.13. The van der Waals surface area contributed by atoms with Crippen LogP contribution in [0, 0.1) is 0 Å². The molecule has 0 radical (unpaired) electrons. The van der Waals surface area contributed by atoms with Gasteiger partial charge in [-0.15, -0.1) is 0 Å². The Morgan fingerprint density at radius 1 is 0.958 bits per heavy atom. The largest absolute Gasteiger partial charge is 0.356 e. The molecule has 126 valence electrons. The van der Waals surface area contributed by atoms with E-state index in [4.69, 9.17) is 12.2 Å². The van der Waals surface area contributed by atoms with Gasteiger partial charge < -0.3 is 10.2 Å². The molecule has 1 saturated heterocycles. The first-order chi connectivity index (χ1) is 11.7. The van der Waals surface area contributed by atoms with Gasteiger partial charge in [0.2, 0.25) is 0 Å². The van der Waals surface area contributed by atoms with Gasteiger partial charge in [0.25, 0.3) is 0 Å². The summed E-state index contributed by atoms with van der Waals surface area (Å²) >= 11 is 5.61. The lowest BCUT2D eigenvalue weighted by molar-refractivity contribution is 0.174. The maximum Gasteiger partial charge on any atom is 0.169 e. The quantitative estimate of drug-likeness (QED) is 0.860. The predicted molar refractivity (Wildman–Crippen MR) is 104 cm³/mol. The molecule has 1 N–H and O–H groups in total. The van der Waals surface area contributed by atoms with E-state index in [-0.39, 0.29) is 6.04 Å². The minimum Gasteiger partial charge on any atom is -0.356 e. The number of nitrogens with one attached hydrogen (secondary N) is 1. The van der Waals surface area contributed by atoms with Crippen molar-refractivity contribution in [3.63, 3.8) is 0 Å². The summed E-state index contributed by atoms with van der Waals surface area (Å²) in [5.74, 6) is 0. The van der Waals surface area contributed by atoms with E-state index in [2.05, 4.69) is 76.6 Å². The van der Waals surface area contributed by atoms with E-state index in [0.717, 1.165) is 37.8 Å². The summed E-state index contributed by atoms with van der Waals surface area (Å²) in [6, 6.07) is 21.4. The summed E-state index contributed by atoms with van der Waals surface area (Å²) in [5, 5.41) is 4.34. The van der Waals surface area contributed by atoms with Crippen molar-refractivity contribution in [3.05, 3.63) is 71.8 Å². The van der Waals surface area contributed by atoms with E-state index in [1.807, 2.05) is 6.07 Å². The van der Waals surface area contributed by atoms with Crippen LogP contribution in [0.15, 0.2) is 60.7 Å². The van der Waals surface area contributed by atoms with Crippen molar-refractivity contribution in [1.29, 1.82) is 0 Å².